The minimum absolute atomic E-state index is 0.00994. The van der Waals surface area contributed by atoms with Crippen molar-refractivity contribution in [3.63, 3.8) is 0 Å². The van der Waals surface area contributed by atoms with Gasteiger partial charge in [-0.2, -0.15) is 0 Å². The van der Waals surface area contributed by atoms with Crippen molar-refractivity contribution in [3.8, 4) is 6.57 Å². The van der Waals surface area contributed by atoms with Gasteiger partial charge in [0.2, 0.25) is 0 Å². The summed E-state index contributed by atoms with van der Waals surface area (Å²) in [5.41, 5.74) is -1.02. The fraction of sp³-hybridized carbons (Fsp3) is 0.714. The first-order valence-electron chi connectivity index (χ1n) is 13.0. The van der Waals surface area contributed by atoms with Gasteiger partial charge < -0.3 is 9.84 Å². The highest BCUT2D eigenvalue weighted by Gasteiger charge is 2.76. The lowest BCUT2D eigenvalue weighted by molar-refractivity contribution is -0.154. The Hall–Kier alpha value is -2.30. The van der Waals surface area contributed by atoms with Gasteiger partial charge in [0, 0.05) is 11.8 Å². The van der Waals surface area contributed by atoms with Crippen LogP contribution in [0.25, 0.3) is 4.85 Å². The number of aliphatic hydroxyl groups excluding tert-OH is 1. The highest BCUT2D eigenvalue weighted by atomic mass is 16.5. The molecule has 190 valence electrons. The number of nitrogens with zero attached hydrogens (tertiary/aromatic N) is 2. The topological polar surface area (TPSA) is 88.3 Å². The molecule has 0 saturated heterocycles. The molecule has 0 bridgehead atoms. The lowest BCUT2D eigenvalue weighted by Crippen LogP contribution is -2.67. The number of ether oxygens (including phenoxy) is 1. The molecule has 7 unspecified atom stereocenters. The second-order valence-electron chi connectivity index (χ2n) is 11.3. The molecule has 3 fully saturated rings. The number of fused-ring (bicyclic) bond motifs is 5. The van der Waals surface area contributed by atoms with E-state index in [9.17, 15) is 19.5 Å². The first-order chi connectivity index (χ1) is 16.6. The van der Waals surface area contributed by atoms with Crippen molar-refractivity contribution in [2.75, 3.05) is 26.2 Å². The van der Waals surface area contributed by atoms with Crippen LogP contribution in [0.2, 0.25) is 0 Å². The lowest BCUT2D eigenvalue weighted by atomic mass is 9.43. The number of Topliss-reactive ketones (excluding diaryl/α,β-unsaturated/α-hetero) is 1. The van der Waals surface area contributed by atoms with Crippen LogP contribution in [-0.4, -0.2) is 65.4 Å². The molecule has 0 aromatic carbocycles. The van der Waals surface area contributed by atoms with Crippen LogP contribution >= 0.6 is 0 Å². The van der Waals surface area contributed by atoms with Crippen molar-refractivity contribution in [3.05, 3.63) is 28.6 Å². The van der Waals surface area contributed by atoms with Gasteiger partial charge in [-0.15, -0.1) is 0 Å². The van der Waals surface area contributed by atoms with Gasteiger partial charge in [-0.1, -0.05) is 31.7 Å². The number of allylic oxidation sites excluding steroid dienone is 2. The maximum Gasteiger partial charge on any atom is 0.321 e. The molecule has 7 atom stereocenters. The Morgan fingerprint density at radius 3 is 2.57 bits per heavy atom. The molecule has 0 amide bonds. The number of esters is 1. The Bertz CT molecular complexity index is 1010. The minimum Gasteiger partial charge on any atom is -0.457 e. The van der Waals surface area contributed by atoms with E-state index in [4.69, 9.17) is 11.3 Å². The van der Waals surface area contributed by atoms with Crippen LogP contribution in [0, 0.1) is 35.2 Å². The molecule has 0 aromatic heterocycles. The highest BCUT2D eigenvalue weighted by Crippen LogP contribution is 2.68. The number of hydrogen-bond acceptors (Lipinski definition) is 6. The number of aliphatic hydroxyl groups is 1. The van der Waals surface area contributed by atoms with E-state index in [-0.39, 0.29) is 48.4 Å². The van der Waals surface area contributed by atoms with Gasteiger partial charge in [0.25, 0.3) is 6.57 Å². The molecular formula is C28H39N2O5+. The van der Waals surface area contributed by atoms with Crippen LogP contribution in [0.15, 0.2) is 23.8 Å². The van der Waals surface area contributed by atoms with E-state index in [1.807, 2.05) is 31.7 Å². The summed E-state index contributed by atoms with van der Waals surface area (Å²) in [6, 6.07) is 0. The van der Waals surface area contributed by atoms with Crippen molar-refractivity contribution in [1.82, 2.24) is 4.90 Å². The number of likely N-dealkylation sites (N-methyl/N-ethyl adjacent to an activating group) is 1. The molecule has 3 saturated carbocycles. The summed E-state index contributed by atoms with van der Waals surface area (Å²) < 4.78 is 5.37. The van der Waals surface area contributed by atoms with Gasteiger partial charge >= 0.3 is 11.5 Å². The first kappa shape index (κ1) is 25.8. The van der Waals surface area contributed by atoms with Crippen LogP contribution in [0.5, 0.6) is 0 Å². The summed E-state index contributed by atoms with van der Waals surface area (Å²) in [5, 5.41) is 11.7. The van der Waals surface area contributed by atoms with E-state index in [2.05, 4.69) is 11.8 Å². The van der Waals surface area contributed by atoms with E-state index in [0.29, 0.717) is 12.8 Å². The molecule has 7 nitrogen and oxygen atoms in total. The summed E-state index contributed by atoms with van der Waals surface area (Å²) in [6.45, 7) is 15.7. The Labute approximate surface area is 208 Å². The van der Waals surface area contributed by atoms with Crippen molar-refractivity contribution in [2.45, 2.75) is 71.4 Å². The number of carbonyl (C=O) groups excluding carboxylic acids is 3. The molecule has 7 heteroatoms. The Kier molecular flexibility index (Phi) is 6.85. The van der Waals surface area contributed by atoms with Crippen LogP contribution in [0.1, 0.15) is 59.8 Å². The van der Waals surface area contributed by atoms with Crippen molar-refractivity contribution in [2.24, 2.45) is 28.6 Å². The summed E-state index contributed by atoms with van der Waals surface area (Å²) in [6.07, 6.45) is 7.71. The minimum atomic E-state index is -0.938. The largest absolute Gasteiger partial charge is 0.457 e. The standard InChI is InChI=1S/C28H39N2O5/c1-6-30(7-2)16-25(34)35-17-23(32)22-11-10-20-21-9-8-18-14-19(31)12-13-27(18,4)28(21,29-5)24(33)15-26(20,22)3/h5,12-14,20-22,24,33H,6-11,15-17H2,1-4H3/q+1. The van der Waals surface area contributed by atoms with Crippen molar-refractivity contribution < 1.29 is 24.2 Å². The smallest absolute Gasteiger partial charge is 0.321 e. The second kappa shape index (κ2) is 9.29. The molecule has 0 aromatic rings. The average Bonchev–Trinajstić information content (AvgIpc) is 3.17. The average molecular weight is 484 g/mol. The van der Waals surface area contributed by atoms with Gasteiger partial charge in [-0.05, 0) is 81.2 Å². The predicted molar refractivity (Wildman–Crippen MR) is 133 cm³/mol. The van der Waals surface area contributed by atoms with E-state index in [1.54, 1.807) is 12.2 Å². The molecule has 0 aliphatic heterocycles. The third kappa shape index (κ3) is 3.81. The number of rotatable bonds is 7. The van der Waals surface area contributed by atoms with Crippen molar-refractivity contribution >= 4 is 17.5 Å². The molecule has 0 radical (unpaired) electrons. The van der Waals surface area contributed by atoms with E-state index in [1.165, 1.54) is 0 Å². The molecule has 4 aliphatic carbocycles. The van der Waals surface area contributed by atoms with Crippen LogP contribution in [0.4, 0.5) is 0 Å². The van der Waals surface area contributed by atoms with Gasteiger partial charge in [0.05, 0.1) is 12.0 Å². The Balaban J connectivity index is 1.55. The van der Waals surface area contributed by atoms with Crippen LogP contribution in [-0.2, 0) is 19.1 Å². The predicted octanol–water partition coefficient (Wildman–Crippen LogP) is 3.42. The molecule has 4 rings (SSSR count). The zero-order valence-electron chi connectivity index (χ0n) is 21.5. The zero-order chi connectivity index (χ0) is 25.6. The van der Waals surface area contributed by atoms with E-state index in [0.717, 1.165) is 37.9 Å². The molecule has 0 spiro atoms. The first-order valence-corrected chi connectivity index (χ1v) is 13.0. The monoisotopic (exact) mass is 483 g/mol. The molecule has 0 heterocycles. The molecule has 1 N–H and O–H groups in total. The lowest BCUT2D eigenvalue weighted by Gasteiger charge is -2.57. The summed E-state index contributed by atoms with van der Waals surface area (Å²) in [7, 11) is 0. The fourth-order valence-electron chi connectivity index (χ4n) is 8.03. The zero-order valence-corrected chi connectivity index (χ0v) is 21.5. The van der Waals surface area contributed by atoms with Gasteiger partial charge in [-0.25, -0.2) is 0 Å². The van der Waals surface area contributed by atoms with E-state index < -0.39 is 22.5 Å². The summed E-state index contributed by atoms with van der Waals surface area (Å²) in [5.74, 6) is -0.637. The summed E-state index contributed by atoms with van der Waals surface area (Å²) in [4.78, 5) is 44.0. The van der Waals surface area contributed by atoms with Crippen molar-refractivity contribution in [1.29, 1.82) is 0 Å². The number of ketones is 2. The van der Waals surface area contributed by atoms with E-state index >= 15 is 0 Å². The molecular weight excluding hydrogens is 444 g/mol. The molecule has 35 heavy (non-hydrogen) atoms. The SMILES string of the molecule is C#[N+]C12C(O)CC3(C)C(C(=O)COC(=O)CN(CC)CC)CCC3C1CCC1=CC(=O)C=CC12C. The van der Waals surface area contributed by atoms with Crippen LogP contribution in [0.3, 0.4) is 0 Å². The molecule has 4 aliphatic rings. The third-order valence-corrected chi connectivity index (χ3v) is 9.95. The summed E-state index contributed by atoms with van der Waals surface area (Å²) >= 11 is 0. The van der Waals surface area contributed by atoms with Gasteiger partial charge in [-0.3, -0.25) is 19.3 Å². The van der Waals surface area contributed by atoms with Gasteiger partial charge in [0.15, 0.2) is 11.6 Å². The number of hydrogen-bond donors (Lipinski definition) is 1. The normalized spacial score (nSPS) is 39.8. The maximum absolute atomic E-state index is 13.3. The second-order valence-corrected chi connectivity index (χ2v) is 11.3. The Morgan fingerprint density at radius 1 is 1.20 bits per heavy atom. The number of carbonyl (C=O) groups is 3. The van der Waals surface area contributed by atoms with Gasteiger partial charge in [0.1, 0.15) is 12.7 Å². The third-order valence-electron chi connectivity index (χ3n) is 9.95. The Morgan fingerprint density at radius 2 is 1.91 bits per heavy atom. The highest BCUT2D eigenvalue weighted by molar-refractivity contribution is 6.01. The fourth-order valence-corrected chi connectivity index (χ4v) is 8.03. The quantitative estimate of drug-likeness (QED) is 0.559. The maximum atomic E-state index is 13.3. The van der Waals surface area contributed by atoms with Crippen LogP contribution < -0.4 is 0 Å².